The minimum atomic E-state index is -0.237. The number of halogens is 1. The van der Waals surface area contributed by atoms with Crippen LogP contribution in [0.15, 0.2) is 51.8 Å². The maximum Gasteiger partial charge on any atom is 0.266 e. The third-order valence-corrected chi connectivity index (χ3v) is 5.41. The summed E-state index contributed by atoms with van der Waals surface area (Å²) in [5.74, 6) is -0.425. The first kappa shape index (κ1) is 15.9. The molecule has 2 amide bonds. The fourth-order valence-electron chi connectivity index (χ4n) is 1.80. The zero-order valence-electron chi connectivity index (χ0n) is 11.6. The van der Waals surface area contributed by atoms with Crippen molar-refractivity contribution < 1.29 is 9.59 Å². The van der Waals surface area contributed by atoms with Gasteiger partial charge in [-0.3, -0.25) is 14.9 Å². The molecule has 2 aromatic heterocycles. The van der Waals surface area contributed by atoms with Crippen molar-refractivity contribution in [2.75, 3.05) is 10.6 Å². The summed E-state index contributed by atoms with van der Waals surface area (Å²) in [4.78, 5) is 28.8. The van der Waals surface area contributed by atoms with Gasteiger partial charge in [-0.25, -0.2) is 4.98 Å². The molecule has 0 aliphatic carbocycles. The monoisotopic (exact) mass is 407 g/mol. The molecule has 0 fully saturated rings. The molecule has 5 nitrogen and oxygen atoms in total. The standard InChI is InChI=1S/C15H10BrN3O2S2/c16-11-5-7-22-12(11)14(21)18-10-3-1-9(2-4-10)13(20)19-15-17-6-8-23-15/h1-8H,(H,18,21)(H,17,19,20). The van der Waals surface area contributed by atoms with Crippen molar-refractivity contribution in [1.29, 1.82) is 0 Å². The maximum atomic E-state index is 12.1. The number of hydrogen-bond donors (Lipinski definition) is 2. The molecule has 0 radical (unpaired) electrons. The lowest BCUT2D eigenvalue weighted by Crippen LogP contribution is -2.13. The minimum Gasteiger partial charge on any atom is -0.321 e. The Labute approximate surface area is 148 Å². The second-order valence-electron chi connectivity index (χ2n) is 4.42. The quantitative estimate of drug-likeness (QED) is 0.669. The van der Waals surface area contributed by atoms with Crippen molar-refractivity contribution in [3.8, 4) is 0 Å². The van der Waals surface area contributed by atoms with Crippen LogP contribution in [0, 0.1) is 0 Å². The summed E-state index contributed by atoms with van der Waals surface area (Å²) in [6, 6.07) is 8.52. The summed E-state index contributed by atoms with van der Waals surface area (Å²) in [6.07, 6.45) is 1.63. The van der Waals surface area contributed by atoms with Gasteiger partial charge in [-0.15, -0.1) is 22.7 Å². The molecule has 0 saturated heterocycles. The Balaban J connectivity index is 1.66. The third-order valence-electron chi connectivity index (χ3n) is 2.88. The van der Waals surface area contributed by atoms with Gasteiger partial charge in [0.25, 0.3) is 11.8 Å². The fraction of sp³-hybridized carbons (Fsp3) is 0. The molecule has 2 heterocycles. The van der Waals surface area contributed by atoms with Crippen LogP contribution in [0.4, 0.5) is 10.8 Å². The molecule has 3 aromatic rings. The molecule has 0 aliphatic heterocycles. The second kappa shape index (κ2) is 7.03. The molecule has 0 saturated carbocycles. The third kappa shape index (κ3) is 3.84. The smallest absolute Gasteiger partial charge is 0.266 e. The van der Waals surface area contributed by atoms with E-state index >= 15 is 0 Å². The first-order valence-corrected chi connectivity index (χ1v) is 9.04. The van der Waals surface area contributed by atoms with Crippen LogP contribution in [0.25, 0.3) is 0 Å². The highest BCUT2D eigenvalue weighted by Crippen LogP contribution is 2.24. The number of thiazole rings is 1. The lowest BCUT2D eigenvalue weighted by atomic mass is 10.2. The van der Waals surface area contributed by atoms with E-state index in [0.29, 0.717) is 21.3 Å². The molecule has 0 unspecified atom stereocenters. The SMILES string of the molecule is O=C(Nc1nccs1)c1ccc(NC(=O)c2sccc2Br)cc1. The molecule has 0 bridgehead atoms. The molecule has 0 aliphatic rings. The number of nitrogens with zero attached hydrogens (tertiary/aromatic N) is 1. The van der Waals surface area contributed by atoms with E-state index in [1.165, 1.54) is 22.7 Å². The van der Waals surface area contributed by atoms with Gasteiger partial charge in [0.2, 0.25) is 0 Å². The Morgan fingerprint density at radius 2 is 1.74 bits per heavy atom. The zero-order chi connectivity index (χ0) is 16.2. The second-order valence-corrected chi connectivity index (χ2v) is 7.09. The number of thiophene rings is 1. The van der Waals surface area contributed by atoms with Gasteiger partial charge in [-0.1, -0.05) is 0 Å². The van der Waals surface area contributed by atoms with E-state index in [0.717, 1.165) is 4.47 Å². The molecule has 3 rings (SSSR count). The van der Waals surface area contributed by atoms with Crippen molar-refractivity contribution in [3.63, 3.8) is 0 Å². The highest BCUT2D eigenvalue weighted by Gasteiger charge is 2.12. The van der Waals surface area contributed by atoms with Gasteiger partial charge in [-0.2, -0.15) is 0 Å². The van der Waals surface area contributed by atoms with Crippen LogP contribution in [0.5, 0.6) is 0 Å². The molecular formula is C15H10BrN3O2S2. The van der Waals surface area contributed by atoms with Crippen LogP contribution in [0.3, 0.4) is 0 Å². The van der Waals surface area contributed by atoms with Crippen LogP contribution >= 0.6 is 38.6 Å². The molecule has 1 aromatic carbocycles. The first-order valence-electron chi connectivity index (χ1n) is 6.49. The molecule has 116 valence electrons. The van der Waals surface area contributed by atoms with Gasteiger partial charge in [-0.05, 0) is 51.6 Å². The van der Waals surface area contributed by atoms with Crippen LogP contribution in [0.2, 0.25) is 0 Å². The molecule has 0 spiro atoms. The number of amides is 2. The Hall–Kier alpha value is -2.03. The van der Waals surface area contributed by atoms with E-state index < -0.39 is 0 Å². The maximum absolute atomic E-state index is 12.1. The van der Waals surface area contributed by atoms with Gasteiger partial charge in [0.05, 0.1) is 0 Å². The van der Waals surface area contributed by atoms with Gasteiger partial charge in [0, 0.05) is 27.3 Å². The van der Waals surface area contributed by atoms with E-state index in [2.05, 4.69) is 31.5 Å². The summed E-state index contributed by atoms with van der Waals surface area (Å²) in [5, 5.41) is 9.68. The molecule has 8 heteroatoms. The fourth-order valence-corrected chi connectivity index (χ4v) is 3.77. The van der Waals surface area contributed by atoms with Crippen molar-refractivity contribution in [3.05, 3.63) is 62.2 Å². The van der Waals surface area contributed by atoms with Crippen molar-refractivity contribution >= 4 is 61.2 Å². The predicted molar refractivity (Wildman–Crippen MR) is 96.5 cm³/mol. The summed E-state index contributed by atoms with van der Waals surface area (Å²) < 4.78 is 0.763. The summed E-state index contributed by atoms with van der Waals surface area (Å²) >= 11 is 6.04. The van der Waals surface area contributed by atoms with Crippen LogP contribution in [-0.4, -0.2) is 16.8 Å². The van der Waals surface area contributed by atoms with Crippen LogP contribution in [-0.2, 0) is 0 Å². The van der Waals surface area contributed by atoms with Crippen LogP contribution in [0.1, 0.15) is 20.0 Å². The topological polar surface area (TPSA) is 71.1 Å². The number of aromatic nitrogens is 1. The Bertz CT molecular complexity index is 829. The largest absolute Gasteiger partial charge is 0.321 e. The van der Waals surface area contributed by atoms with Gasteiger partial charge in [0.15, 0.2) is 5.13 Å². The van der Waals surface area contributed by atoms with Crippen molar-refractivity contribution in [1.82, 2.24) is 4.98 Å². The average molecular weight is 408 g/mol. The van der Waals surface area contributed by atoms with E-state index in [4.69, 9.17) is 0 Å². The Kier molecular flexibility index (Phi) is 4.85. The number of benzene rings is 1. The Morgan fingerprint density at radius 3 is 2.35 bits per heavy atom. The van der Waals surface area contributed by atoms with Crippen LogP contribution < -0.4 is 10.6 Å². The lowest BCUT2D eigenvalue weighted by Gasteiger charge is -2.06. The predicted octanol–water partition coefficient (Wildman–Crippen LogP) is 4.47. The number of anilines is 2. The highest BCUT2D eigenvalue weighted by atomic mass is 79.9. The zero-order valence-corrected chi connectivity index (χ0v) is 14.8. The summed E-state index contributed by atoms with van der Waals surface area (Å²) in [5.41, 5.74) is 1.12. The van der Waals surface area contributed by atoms with Gasteiger partial charge >= 0.3 is 0 Å². The number of hydrogen-bond acceptors (Lipinski definition) is 5. The van der Waals surface area contributed by atoms with Gasteiger partial charge < -0.3 is 5.32 Å². The highest BCUT2D eigenvalue weighted by molar-refractivity contribution is 9.10. The normalized spacial score (nSPS) is 10.3. The number of rotatable bonds is 4. The lowest BCUT2D eigenvalue weighted by molar-refractivity contribution is 0.102. The average Bonchev–Trinajstić information content (AvgIpc) is 3.19. The van der Waals surface area contributed by atoms with Gasteiger partial charge in [0.1, 0.15) is 4.88 Å². The summed E-state index contributed by atoms with van der Waals surface area (Å²) in [7, 11) is 0. The molecule has 23 heavy (non-hydrogen) atoms. The number of nitrogens with one attached hydrogen (secondary N) is 2. The van der Waals surface area contributed by atoms with E-state index in [1.54, 1.807) is 35.8 Å². The van der Waals surface area contributed by atoms with E-state index in [-0.39, 0.29) is 11.8 Å². The minimum absolute atomic E-state index is 0.188. The van der Waals surface area contributed by atoms with E-state index in [9.17, 15) is 9.59 Å². The number of carbonyl (C=O) groups is 2. The first-order chi connectivity index (χ1) is 11.1. The van der Waals surface area contributed by atoms with E-state index in [1.807, 2.05) is 11.4 Å². The molecular weight excluding hydrogens is 398 g/mol. The van der Waals surface area contributed by atoms with Crippen molar-refractivity contribution in [2.45, 2.75) is 0 Å². The molecule has 0 atom stereocenters. The Morgan fingerprint density at radius 1 is 0.957 bits per heavy atom. The summed E-state index contributed by atoms with van der Waals surface area (Å²) in [6.45, 7) is 0. The van der Waals surface area contributed by atoms with Crippen molar-refractivity contribution in [2.24, 2.45) is 0 Å². The molecule has 2 N–H and O–H groups in total. The number of carbonyl (C=O) groups excluding carboxylic acids is 2.